The van der Waals surface area contributed by atoms with Crippen LogP contribution in [0.5, 0.6) is 0 Å². The largest absolute Gasteiger partial charge is 0.382 e. The minimum Gasteiger partial charge on any atom is -0.382 e. The van der Waals surface area contributed by atoms with Gasteiger partial charge in [-0.15, -0.1) is 0 Å². The van der Waals surface area contributed by atoms with E-state index in [9.17, 15) is 13.2 Å². The Balaban J connectivity index is 1.22. The first kappa shape index (κ1) is 39.8. The summed E-state index contributed by atoms with van der Waals surface area (Å²) >= 11 is 12.8. The number of carbonyl (C=O) groups is 1. The zero-order valence-corrected chi connectivity index (χ0v) is 29.9. The molecule has 1 unspecified atom stereocenters. The van der Waals surface area contributed by atoms with E-state index in [0.717, 1.165) is 23.2 Å². The third kappa shape index (κ3) is 14.8. The summed E-state index contributed by atoms with van der Waals surface area (Å²) in [5.74, 6) is 0.106. The Bertz CT molecular complexity index is 1330. The van der Waals surface area contributed by atoms with Crippen LogP contribution in [0.25, 0.3) is 0 Å². The Kier molecular flexibility index (Phi) is 18.8. The molecule has 0 bridgehead atoms. The van der Waals surface area contributed by atoms with Crippen LogP contribution in [-0.2, 0) is 49.6 Å². The van der Waals surface area contributed by atoms with Crippen molar-refractivity contribution in [1.82, 2.24) is 4.90 Å². The van der Waals surface area contributed by atoms with E-state index in [1.54, 1.807) is 31.4 Å². The van der Waals surface area contributed by atoms with Crippen molar-refractivity contribution in [1.29, 1.82) is 0 Å². The van der Waals surface area contributed by atoms with E-state index in [-0.39, 0.29) is 17.5 Å². The lowest BCUT2D eigenvalue weighted by molar-refractivity contribution is -0.120. The highest BCUT2D eigenvalue weighted by Crippen LogP contribution is 2.38. The molecule has 10 nitrogen and oxygen atoms in total. The number of benzene rings is 2. The fourth-order valence-electron chi connectivity index (χ4n) is 5.21. The van der Waals surface area contributed by atoms with Crippen molar-refractivity contribution in [3.63, 3.8) is 0 Å². The predicted octanol–water partition coefficient (Wildman–Crippen LogP) is 5.20. The van der Waals surface area contributed by atoms with Crippen LogP contribution < -0.4 is 0 Å². The SMILES string of the molecule is COCCOCCOCCC(=O)CCCOCCOCCOCCCS(=O)(=O)c1cccc(C2CN(C)Cc3c(Cl)cc(Cl)cc32)c1. The average molecular weight is 719 g/mol. The van der Waals surface area contributed by atoms with E-state index >= 15 is 0 Å². The zero-order valence-electron chi connectivity index (χ0n) is 27.6. The summed E-state index contributed by atoms with van der Waals surface area (Å²) in [5.41, 5.74) is 2.98. The molecule has 1 atom stereocenters. The highest BCUT2D eigenvalue weighted by molar-refractivity contribution is 7.91. The second kappa shape index (κ2) is 22.2. The molecule has 2 aromatic carbocycles. The van der Waals surface area contributed by atoms with Crippen molar-refractivity contribution in [3.8, 4) is 0 Å². The lowest BCUT2D eigenvalue weighted by Gasteiger charge is -2.33. The minimum absolute atomic E-state index is 0.0102. The van der Waals surface area contributed by atoms with E-state index in [1.807, 2.05) is 19.2 Å². The van der Waals surface area contributed by atoms with Gasteiger partial charge in [0.15, 0.2) is 9.84 Å². The van der Waals surface area contributed by atoms with Gasteiger partial charge >= 0.3 is 0 Å². The fraction of sp³-hybridized carbons (Fsp3) is 0.618. The van der Waals surface area contributed by atoms with Crippen LogP contribution in [0.2, 0.25) is 10.0 Å². The summed E-state index contributed by atoms with van der Waals surface area (Å²) in [6.45, 7) is 6.30. The number of halogens is 2. The second-order valence-corrected chi connectivity index (χ2v) is 14.3. The predicted molar refractivity (Wildman–Crippen MR) is 183 cm³/mol. The molecule has 0 radical (unpaired) electrons. The van der Waals surface area contributed by atoms with Crippen LogP contribution in [0.4, 0.5) is 0 Å². The molecule has 47 heavy (non-hydrogen) atoms. The first-order valence-electron chi connectivity index (χ1n) is 16.1. The van der Waals surface area contributed by atoms with Crippen LogP contribution >= 0.6 is 23.2 Å². The molecule has 2 aromatic rings. The number of ketones is 1. The maximum absolute atomic E-state index is 13.1. The molecule has 0 saturated carbocycles. The van der Waals surface area contributed by atoms with E-state index in [0.29, 0.717) is 120 Å². The summed E-state index contributed by atoms with van der Waals surface area (Å²) in [7, 11) is 0.161. The molecule has 3 rings (SSSR count). The van der Waals surface area contributed by atoms with Crippen LogP contribution in [0.1, 0.15) is 48.3 Å². The number of hydrogen-bond acceptors (Lipinski definition) is 10. The molecule has 0 aliphatic carbocycles. The van der Waals surface area contributed by atoms with Crippen LogP contribution in [0.15, 0.2) is 41.3 Å². The van der Waals surface area contributed by atoms with Crippen molar-refractivity contribution in [2.24, 2.45) is 0 Å². The van der Waals surface area contributed by atoms with Gasteiger partial charge < -0.3 is 33.3 Å². The maximum Gasteiger partial charge on any atom is 0.178 e. The standard InChI is InChI=1S/C34H49Cl2NO9S/c1-37-25-32(31-23-28(35)24-34(36)33(31)26-37)27-6-3-8-30(22-27)47(39,40)21-5-11-43-16-19-46-18-15-42-10-4-7-29(38)9-12-44-17-20-45-14-13-41-2/h3,6,8,22-24,32H,4-5,7,9-21,25-26H2,1-2H3. The summed E-state index contributed by atoms with van der Waals surface area (Å²) < 4.78 is 58.5. The van der Waals surface area contributed by atoms with Crippen molar-refractivity contribution >= 4 is 38.8 Å². The third-order valence-corrected chi connectivity index (χ3v) is 9.98. The van der Waals surface area contributed by atoms with Gasteiger partial charge in [-0.3, -0.25) is 4.79 Å². The molecule has 0 saturated heterocycles. The fourth-order valence-corrected chi connectivity index (χ4v) is 7.12. The molecule has 1 aliphatic rings. The first-order valence-corrected chi connectivity index (χ1v) is 18.5. The Hall–Kier alpha value is -1.64. The molecule has 0 amide bonds. The molecule has 13 heteroatoms. The van der Waals surface area contributed by atoms with Gasteiger partial charge in [-0.05, 0) is 60.8 Å². The number of Topliss-reactive ketones (excluding diaryl/α,β-unsaturated/α-hetero) is 1. The monoisotopic (exact) mass is 717 g/mol. The number of fused-ring (bicyclic) bond motifs is 1. The van der Waals surface area contributed by atoms with E-state index < -0.39 is 9.84 Å². The van der Waals surface area contributed by atoms with E-state index in [2.05, 4.69) is 4.90 Å². The number of sulfone groups is 1. The molecule has 264 valence electrons. The summed E-state index contributed by atoms with van der Waals surface area (Å²) in [6, 6.07) is 10.9. The number of ether oxygens (including phenoxy) is 6. The Morgan fingerprint density at radius 2 is 1.43 bits per heavy atom. The van der Waals surface area contributed by atoms with Crippen molar-refractivity contribution in [3.05, 3.63) is 63.1 Å². The van der Waals surface area contributed by atoms with Gasteiger partial charge in [0, 0.05) is 62.2 Å². The van der Waals surface area contributed by atoms with Crippen LogP contribution in [0, 0.1) is 0 Å². The number of methoxy groups -OCH3 is 1. The van der Waals surface area contributed by atoms with Gasteiger partial charge in [-0.1, -0.05) is 35.3 Å². The smallest absolute Gasteiger partial charge is 0.178 e. The Labute approximate surface area is 289 Å². The third-order valence-electron chi connectivity index (χ3n) is 7.63. The summed E-state index contributed by atoms with van der Waals surface area (Å²) in [4.78, 5) is 14.4. The quantitative estimate of drug-likeness (QED) is 0.127. The molecule has 1 heterocycles. The summed E-state index contributed by atoms with van der Waals surface area (Å²) in [6.07, 6.45) is 1.88. The average Bonchev–Trinajstić information content (AvgIpc) is 3.04. The Morgan fingerprint density at radius 1 is 0.809 bits per heavy atom. The first-order chi connectivity index (χ1) is 22.7. The summed E-state index contributed by atoms with van der Waals surface area (Å²) in [5, 5.41) is 1.20. The highest BCUT2D eigenvalue weighted by atomic mass is 35.5. The molecular weight excluding hydrogens is 669 g/mol. The molecular formula is C34H49Cl2NO9S. The normalized spacial score (nSPS) is 15.2. The van der Waals surface area contributed by atoms with Crippen molar-refractivity contribution in [2.45, 2.75) is 43.0 Å². The van der Waals surface area contributed by atoms with Crippen LogP contribution in [-0.4, -0.2) is 118 Å². The van der Waals surface area contributed by atoms with E-state index in [4.69, 9.17) is 51.6 Å². The van der Waals surface area contributed by atoms with Crippen molar-refractivity contribution in [2.75, 3.05) is 99.1 Å². The number of likely N-dealkylation sites (N-methyl/N-ethyl adjacent to an activating group) is 1. The van der Waals surface area contributed by atoms with Gasteiger partial charge in [-0.2, -0.15) is 0 Å². The number of rotatable bonds is 25. The highest BCUT2D eigenvalue weighted by Gasteiger charge is 2.28. The zero-order chi connectivity index (χ0) is 33.9. The van der Waals surface area contributed by atoms with Gasteiger partial charge in [0.2, 0.25) is 0 Å². The van der Waals surface area contributed by atoms with Crippen LogP contribution in [0.3, 0.4) is 0 Å². The molecule has 0 N–H and O–H groups in total. The van der Waals surface area contributed by atoms with Gasteiger partial charge in [-0.25, -0.2) is 8.42 Å². The molecule has 1 aliphatic heterocycles. The van der Waals surface area contributed by atoms with Gasteiger partial charge in [0.05, 0.1) is 70.1 Å². The van der Waals surface area contributed by atoms with Gasteiger partial charge in [0.25, 0.3) is 0 Å². The van der Waals surface area contributed by atoms with E-state index in [1.165, 1.54) is 0 Å². The topological polar surface area (TPSA) is 110 Å². The lowest BCUT2D eigenvalue weighted by Crippen LogP contribution is -2.31. The lowest BCUT2D eigenvalue weighted by atomic mass is 9.85. The van der Waals surface area contributed by atoms with Gasteiger partial charge in [0.1, 0.15) is 5.78 Å². The number of nitrogens with zero attached hydrogens (tertiary/aromatic N) is 1. The minimum atomic E-state index is -3.49. The maximum atomic E-state index is 13.1. The Morgan fingerprint density at radius 3 is 2.11 bits per heavy atom. The molecule has 0 spiro atoms. The molecule has 0 aromatic heterocycles. The number of carbonyl (C=O) groups excluding carboxylic acids is 1. The second-order valence-electron chi connectivity index (χ2n) is 11.4. The number of hydrogen-bond donors (Lipinski definition) is 0. The van der Waals surface area contributed by atoms with Crippen molar-refractivity contribution < 1.29 is 41.6 Å². The molecule has 0 fully saturated rings.